The molecule has 116 valence electrons. The summed E-state index contributed by atoms with van der Waals surface area (Å²) in [6.07, 6.45) is 2.51. The monoisotopic (exact) mass is 309 g/mol. The van der Waals surface area contributed by atoms with Crippen LogP contribution in [-0.2, 0) is 4.79 Å². The van der Waals surface area contributed by atoms with Crippen LogP contribution in [0.15, 0.2) is 17.5 Å². The number of nitrogens with zero attached hydrogens (tertiary/aromatic N) is 1. The average Bonchev–Trinajstić information content (AvgIpc) is 3.02. The molecule has 0 aromatic carbocycles. The molecule has 5 nitrogen and oxygen atoms in total. The highest BCUT2D eigenvalue weighted by Gasteiger charge is 2.22. The molecule has 1 aliphatic rings. The summed E-state index contributed by atoms with van der Waals surface area (Å²) in [7, 11) is 1.97. The standard InChI is InChI=1S/C15H23N3O2S/c1-16-11-12-5-8-18(9-6-12)14(19)4-7-17-15(20)13-3-2-10-21-13/h2-3,10,12,16H,4-9,11H2,1H3,(H,17,20). The minimum absolute atomic E-state index is 0.0921. The van der Waals surface area contributed by atoms with Crippen LogP contribution in [0.25, 0.3) is 0 Å². The minimum atomic E-state index is -0.0921. The van der Waals surface area contributed by atoms with Crippen LogP contribution in [0.4, 0.5) is 0 Å². The molecular formula is C15H23N3O2S. The summed E-state index contributed by atoms with van der Waals surface area (Å²) < 4.78 is 0. The van der Waals surface area contributed by atoms with Crippen LogP contribution < -0.4 is 10.6 Å². The van der Waals surface area contributed by atoms with E-state index in [-0.39, 0.29) is 11.8 Å². The Morgan fingerprint density at radius 2 is 2.14 bits per heavy atom. The zero-order valence-corrected chi connectivity index (χ0v) is 13.2. The van der Waals surface area contributed by atoms with Gasteiger partial charge in [-0.2, -0.15) is 0 Å². The second kappa shape index (κ2) is 8.14. The molecule has 0 saturated carbocycles. The Morgan fingerprint density at radius 3 is 2.76 bits per heavy atom. The largest absolute Gasteiger partial charge is 0.351 e. The molecule has 0 bridgehead atoms. The Morgan fingerprint density at radius 1 is 1.38 bits per heavy atom. The Labute approximate surface area is 129 Å². The third-order valence-corrected chi connectivity index (χ3v) is 4.70. The van der Waals surface area contributed by atoms with Gasteiger partial charge >= 0.3 is 0 Å². The summed E-state index contributed by atoms with van der Waals surface area (Å²) in [4.78, 5) is 26.4. The van der Waals surface area contributed by atoms with E-state index < -0.39 is 0 Å². The maximum absolute atomic E-state index is 12.1. The summed E-state index contributed by atoms with van der Waals surface area (Å²) in [6.45, 7) is 3.11. The van der Waals surface area contributed by atoms with Crippen molar-refractivity contribution in [3.05, 3.63) is 22.4 Å². The first-order valence-corrected chi connectivity index (χ1v) is 8.32. The van der Waals surface area contributed by atoms with Crippen molar-refractivity contribution in [1.29, 1.82) is 0 Å². The van der Waals surface area contributed by atoms with Gasteiger partial charge in [0.05, 0.1) is 4.88 Å². The van der Waals surface area contributed by atoms with Crippen molar-refractivity contribution in [3.63, 3.8) is 0 Å². The number of carbonyl (C=O) groups excluding carboxylic acids is 2. The number of rotatable bonds is 6. The topological polar surface area (TPSA) is 61.4 Å². The summed E-state index contributed by atoms with van der Waals surface area (Å²) >= 11 is 1.41. The van der Waals surface area contributed by atoms with Crippen molar-refractivity contribution in [1.82, 2.24) is 15.5 Å². The van der Waals surface area contributed by atoms with E-state index in [9.17, 15) is 9.59 Å². The van der Waals surface area contributed by atoms with Gasteiger partial charge in [0.15, 0.2) is 0 Å². The van der Waals surface area contributed by atoms with Crippen LogP contribution in [0.1, 0.15) is 28.9 Å². The van der Waals surface area contributed by atoms with Gasteiger partial charge in [-0.25, -0.2) is 0 Å². The van der Waals surface area contributed by atoms with Crippen molar-refractivity contribution in [3.8, 4) is 0 Å². The molecule has 21 heavy (non-hydrogen) atoms. The maximum atomic E-state index is 12.1. The number of thiophene rings is 1. The van der Waals surface area contributed by atoms with Crippen molar-refractivity contribution in [2.45, 2.75) is 19.3 Å². The van der Waals surface area contributed by atoms with Crippen molar-refractivity contribution >= 4 is 23.2 Å². The lowest BCUT2D eigenvalue weighted by Gasteiger charge is -2.32. The van der Waals surface area contributed by atoms with Crippen LogP contribution in [0.5, 0.6) is 0 Å². The Kier molecular flexibility index (Phi) is 6.20. The molecule has 1 fully saturated rings. The normalized spacial score (nSPS) is 16.0. The fourth-order valence-corrected chi connectivity index (χ4v) is 3.25. The molecule has 2 rings (SSSR count). The molecule has 1 aliphatic heterocycles. The number of amides is 2. The lowest BCUT2D eigenvalue weighted by atomic mass is 9.96. The highest BCUT2D eigenvalue weighted by atomic mass is 32.1. The Balaban J connectivity index is 1.65. The predicted octanol–water partition coefficient (Wildman–Crippen LogP) is 1.33. The molecular weight excluding hydrogens is 286 g/mol. The molecule has 1 aromatic rings. The summed E-state index contributed by atoms with van der Waals surface area (Å²) in [6, 6.07) is 3.63. The van der Waals surface area contributed by atoms with Crippen LogP contribution in [0, 0.1) is 5.92 Å². The minimum Gasteiger partial charge on any atom is -0.351 e. The fraction of sp³-hybridized carbons (Fsp3) is 0.600. The first-order chi connectivity index (χ1) is 10.2. The first-order valence-electron chi connectivity index (χ1n) is 7.44. The van der Waals surface area contributed by atoms with Crippen LogP contribution in [-0.4, -0.2) is 49.9 Å². The third-order valence-electron chi connectivity index (χ3n) is 3.83. The van der Waals surface area contributed by atoms with Gasteiger partial charge in [0.2, 0.25) is 5.91 Å². The molecule has 6 heteroatoms. The van der Waals surface area contributed by atoms with E-state index in [0.29, 0.717) is 23.8 Å². The van der Waals surface area contributed by atoms with Crippen LogP contribution >= 0.6 is 11.3 Å². The van der Waals surface area contributed by atoms with Gasteiger partial charge in [0.1, 0.15) is 0 Å². The lowest BCUT2D eigenvalue weighted by Crippen LogP contribution is -2.41. The van der Waals surface area contributed by atoms with E-state index in [4.69, 9.17) is 0 Å². The quantitative estimate of drug-likeness (QED) is 0.833. The number of hydrogen-bond donors (Lipinski definition) is 2. The highest BCUT2D eigenvalue weighted by molar-refractivity contribution is 7.12. The van der Waals surface area contributed by atoms with Gasteiger partial charge in [0, 0.05) is 26.1 Å². The van der Waals surface area contributed by atoms with Crippen molar-refractivity contribution < 1.29 is 9.59 Å². The molecule has 0 radical (unpaired) electrons. The van der Waals surface area contributed by atoms with Crippen molar-refractivity contribution in [2.75, 3.05) is 33.2 Å². The van der Waals surface area contributed by atoms with Gasteiger partial charge < -0.3 is 15.5 Å². The van der Waals surface area contributed by atoms with E-state index in [1.165, 1.54) is 11.3 Å². The maximum Gasteiger partial charge on any atom is 0.261 e. The third kappa shape index (κ3) is 4.82. The van der Waals surface area contributed by atoms with Gasteiger partial charge in [0.25, 0.3) is 5.91 Å². The summed E-state index contributed by atoms with van der Waals surface area (Å²) in [5.74, 6) is 0.729. The molecule has 0 spiro atoms. The van der Waals surface area contributed by atoms with E-state index >= 15 is 0 Å². The highest BCUT2D eigenvalue weighted by Crippen LogP contribution is 2.16. The average molecular weight is 309 g/mol. The molecule has 1 aromatic heterocycles. The van der Waals surface area contributed by atoms with Gasteiger partial charge in [-0.05, 0) is 43.8 Å². The van der Waals surface area contributed by atoms with Gasteiger partial charge in [-0.15, -0.1) is 11.3 Å². The Hall–Kier alpha value is -1.40. The molecule has 2 amide bonds. The molecule has 0 unspecified atom stereocenters. The molecule has 2 N–H and O–H groups in total. The SMILES string of the molecule is CNCC1CCN(C(=O)CCNC(=O)c2cccs2)CC1. The fourth-order valence-electron chi connectivity index (χ4n) is 2.61. The van der Waals surface area contributed by atoms with Gasteiger partial charge in [-0.3, -0.25) is 9.59 Å². The smallest absolute Gasteiger partial charge is 0.261 e. The molecule has 0 atom stereocenters. The number of piperidine rings is 1. The summed E-state index contributed by atoms with van der Waals surface area (Å²) in [5, 5.41) is 7.86. The van der Waals surface area contributed by atoms with E-state index in [1.807, 2.05) is 23.4 Å². The number of nitrogens with one attached hydrogen (secondary N) is 2. The molecule has 2 heterocycles. The first kappa shape index (κ1) is 16.0. The van der Waals surface area contributed by atoms with Crippen molar-refractivity contribution in [2.24, 2.45) is 5.92 Å². The number of likely N-dealkylation sites (tertiary alicyclic amines) is 1. The molecule has 1 saturated heterocycles. The second-order valence-corrected chi connectivity index (χ2v) is 6.31. The number of hydrogen-bond acceptors (Lipinski definition) is 4. The van der Waals surface area contributed by atoms with Crippen LogP contribution in [0.2, 0.25) is 0 Å². The van der Waals surface area contributed by atoms with E-state index in [2.05, 4.69) is 10.6 Å². The van der Waals surface area contributed by atoms with Gasteiger partial charge in [-0.1, -0.05) is 6.07 Å². The van der Waals surface area contributed by atoms with E-state index in [0.717, 1.165) is 32.5 Å². The Bertz CT molecular complexity index is 453. The molecule has 0 aliphatic carbocycles. The summed E-state index contributed by atoms with van der Waals surface area (Å²) in [5.41, 5.74) is 0. The van der Waals surface area contributed by atoms with Crippen LogP contribution in [0.3, 0.4) is 0 Å². The predicted molar refractivity (Wildman–Crippen MR) is 84.5 cm³/mol. The lowest BCUT2D eigenvalue weighted by molar-refractivity contribution is -0.132. The number of carbonyl (C=O) groups is 2. The second-order valence-electron chi connectivity index (χ2n) is 5.37. The zero-order chi connectivity index (χ0) is 15.1. The zero-order valence-electron chi connectivity index (χ0n) is 12.4. The van der Waals surface area contributed by atoms with E-state index in [1.54, 1.807) is 6.07 Å².